The molecule has 2 aromatic rings. The fraction of sp³-hybridized carbons (Fsp3) is 0.400. The molecular weight excluding hydrogens is 312 g/mol. The first-order valence-electron chi connectivity index (χ1n) is 8.62. The van der Waals surface area contributed by atoms with Crippen LogP contribution < -0.4 is 10.2 Å². The molecule has 0 radical (unpaired) electrons. The fourth-order valence-electron chi connectivity index (χ4n) is 2.56. The Hall–Kier alpha value is -2.56. The Labute approximate surface area is 150 Å². The Morgan fingerprint density at radius 1 is 1.08 bits per heavy atom. The molecule has 5 nitrogen and oxygen atoms in total. The average molecular weight is 340 g/mol. The molecule has 1 aromatic heterocycles. The Kier molecular flexibility index (Phi) is 6.39. The van der Waals surface area contributed by atoms with Crippen molar-refractivity contribution in [1.29, 1.82) is 0 Å². The van der Waals surface area contributed by atoms with Crippen LogP contribution in [0.15, 0.2) is 48.7 Å². The van der Waals surface area contributed by atoms with Crippen LogP contribution in [-0.2, 0) is 6.54 Å². The maximum absolute atomic E-state index is 12.7. The normalized spacial score (nSPS) is 11.9. The average Bonchev–Trinajstić information content (AvgIpc) is 2.60. The van der Waals surface area contributed by atoms with Gasteiger partial charge < -0.3 is 15.1 Å². The highest BCUT2D eigenvalue weighted by molar-refractivity contribution is 5.75. The van der Waals surface area contributed by atoms with Crippen molar-refractivity contribution in [1.82, 2.24) is 15.2 Å². The number of pyridine rings is 1. The lowest BCUT2D eigenvalue weighted by Crippen LogP contribution is -2.44. The van der Waals surface area contributed by atoms with Gasteiger partial charge >= 0.3 is 6.03 Å². The number of aromatic nitrogens is 1. The van der Waals surface area contributed by atoms with Gasteiger partial charge in [-0.25, -0.2) is 4.79 Å². The van der Waals surface area contributed by atoms with E-state index in [0.29, 0.717) is 6.54 Å². The van der Waals surface area contributed by atoms with Crippen LogP contribution in [0.3, 0.4) is 0 Å². The predicted octanol–water partition coefficient (Wildman–Crippen LogP) is 3.83. The molecule has 0 bridgehead atoms. The zero-order chi connectivity index (χ0) is 18.4. The van der Waals surface area contributed by atoms with Gasteiger partial charge in [0, 0.05) is 38.6 Å². The highest BCUT2D eigenvalue weighted by Crippen LogP contribution is 2.16. The Morgan fingerprint density at radius 2 is 1.76 bits per heavy atom. The minimum absolute atomic E-state index is 0.0789. The van der Waals surface area contributed by atoms with Crippen LogP contribution in [0, 0.1) is 0 Å². The van der Waals surface area contributed by atoms with E-state index >= 15 is 0 Å². The van der Waals surface area contributed by atoms with Crippen LogP contribution in [0.4, 0.5) is 10.5 Å². The van der Waals surface area contributed by atoms with Gasteiger partial charge in [0.1, 0.15) is 0 Å². The highest BCUT2D eigenvalue weighted by atomic mass is 16.2. The van der Waals surface area contributed by atoms with Crippen LogP contribution in [0.5, 0.6) is 0 Å². The molecule has 134 valence electrons. The van der Waals surface area contributed by atoms with E-state index in [0.717, 1.165) is 16.9 Å². The maximum Gasteiger partial charge on any atom is 0.318 e. The second kappa shape index (κ2) is 8.51. The van der Waals surface area contributed by atoms with Crippen LogP contribution >= 0.6 is 0 Å². The number of nitrogens with one attached hydrogen (secondary N) is 1. The zero-order valence-electron chi connectivity index (χ0n) is 15.7. The molecule has 2 rings (SSSR count). The van der Waals surface area contributed by atoms with Crippen molar-refractivity contribution in [3.8, 4) is 0 Å². The molecule has 0 aliphatic rings. The number of urea groups is 1. The summed E-state index contributed by atoms with van der Waals surface area (Å²) in [6.45, 7) is 6.58. The summed E-state index contributed by atoms with van der Waals surface area (Å²) >= 11 is 0. The van der Waals surface area contributed by atoms with E-state index in [-0.39, 0.29) is 18.1 Å². The first-order chi connectivity index (χ1) is 11.9. The lowest BCUT2D eigenvalue weighted by molar-refractivity contribution is 0.176. The van der Waals surface area contributed by atoms with Crippen LogP contribution in [0.1, 0.15) is 38.1 Å². The van der Waals surface area contributed by atoms with Crippen molar-refractivity contribution < 1.29 is 4.79 Å². The summed E-state index contributed by atoms with van der Waals surface area (Å²) in [4.78, 5) is 20.9. The predicted molar refractivity (Wildman–Crippen MR) is 103 cm³/mol. The first-order valence-corrected chi connectivity index (χ1v) is 8.62. The SMILES string of the molecule is CC(NC(=O)N(Cc1ccc(N(C)C)cc1)C(C)C)c1ccccn1. The quantitative estimate of drug-likeness (QED) is 0.869. The smallest absolute Gasteiger partial charge is 0.318 e. The number of hydrogen-bond donors (Lipinski definition) is 1. The topological polar surface area (TPSA) is 48.5 Å². The van der Waals surface area contributed by atoms with Crippen LogP contribution in [-0.4, -0.2) is 36.1 Å². The second-order valence-electron chi connectivity index (χ2n) is 6.71. The highest BCUT2D eigenvalue weighted by Gasteiger charge is 2.20. The summed E-state index contributed by atoms with van der Waals surface area (Å²) in [5.41, 5.74) is 3.11. The Bertz CT molecular complexity index is 668. The van der Waals surface area contributed by atoms with E-state index < -0.39 is 0 Å². The summed E-state index contributed by atoms with van der Waals surface area (Å²) < 4.78 is 0. The fourth-order valence-corrected chi connectivity index (χ4v) is 2.56. The molecule has 1 N–H and O–H groups in total. The van der Waals surface area contributed by atoms with Gasteiger partial charge in [-0.2, -0.15) is 0 Å². The van der Waals surface area contributed by atoms with Gasteiger partial charge in [0.25, 0.3) is 0 Å². The Morgan fingerprint density at radius 3 is 2.28 bits per heavy atom. The lowest BCUT2D eigenvalue weighted by atomic mass is 10.1. The van der Waals surface area contributed by atoms with E-state index in [1.165, 1.54) is 0 Å². The first kappa shape index (κ1) is 18.8. The van der Waals surface area contributed by atoms with Gasteiger partial charge in [-0.3, -0.25) is 4.98 Å². The molecule has 0 aliphatic carbocycles. The number of amides is 2. The van der Waals surface area contributed by atoms with Crippen molar-refractivity contribution in [2.24, 2.45) is 0 Å². The third kappa shape index (κ3) is 5.21. The molecule has 0 aliphatic heterocycles. The van der Waals surface area contributed by atoms with Gasteiger partial charge in [0.05, 0.1) is 11.7 Å². The molecule has 0 saturated heterocycles. The van der Waals surface area contributed by atoms with Crippen LogP contribution in [0.25, 0.3) is 0 Å². The lowest BCUT2D eigenvalue weighted by Gasteiger charge is -2.29. The third-order valence-electron chi connectivity index (χ3n) is 4.16. The van der Waals surface area contributed by atoms with Crippen molar-refractivity contribution in [3.05, 3.63) is 59.9 Å². The van der Waals surface area contributed by atoms with E-state index in [1.807, 2.05) is 58.0 Å². The van der Waals surface area contributed by atoms with Crippen LogP contribution in [0.2, 0.25) is 0 Å². The van der Waals surface area contributed by atoms with Gasteiger partial charge in [-0.1, -0.05) is 18.2 Å². The number of anilines is 1. The second-order valence-corrected chi connectivity index (χ2v) is 6.71. The summed E-state index contributed by atoms with van der Waals surface area (Å²) in [6, 6.07) is 13.9. The summed E-state index contributed by atoms with van der Waals surface area (Å²) in [5, 5.41) is 3.04. The summed E-state index contributed by atoms with van der Waals surface area (Å²) in [6.07, 6.45) is 1.74. The third-order valence-corrected chi connectivity index (χ3v) is 4.16. The minimum atomic E-state index is -0.133. The molecule has 0 spiro atoms. The zero-order valence-corrected chi connectivity index (χ0v) is 15.7. The molecule has 0 fully saturated rings. The Balaban J connectivity index is 2.05. The standard InChI is InChI=1S/C20H28N4O/c1-15(2)24(14-17-9-11-18(12-10-17)23(4)5)20(25)22-16(3)19-8-6-7-13-21-19/h6-13,15-16H,14H2,1-5H3,(H,22,25). The number of rotatable bonds is 6. The molecule has 5 heteroatoms. The molecule has 1 atom stereocenters. The minimum Gasteiger partial charge on any atom is -0.378 e. The van der Waals surface area contributed by atoms with E-state index in [2.05, 4.69) is 39.5 Å². The molecule has 1 aromatic carbocycles. The van der Waals surface area contributed by atoms with Crippen molar-refractivity contribution >= 4 is 11.7 Å². The van der Waals surface area contributed by atoms with Gasteiger partial charge in [-0.15, -0.1) is 0 Å². The number of benzene rings is 1. The maximum atomic E-state index is 12.7. The van der Waals surface area contributed by atoms with E-state index in [4.69, 9.17) is 0 Å². The van der Waals surface area contributed by atoms with Gasteiger partial charge in [0.2, 0.25) is 0 Å². The summed E-state index contributed by atoms with van der Waals surface area (Å²) in [7, 11) is 4.03. The summed E-state index contributed by atoms with van der Waals surface area (Å²) in [5.74, 6) is 0. The monoisotopic (exact) mass is 340 g/mol. The molecule has 1 heterocycles. The van der Waals surface area contributed by atoms with E-state index in [1.54, 1.807) is 6.20 Å². The van der Waals surface area contributed by atoms with Crippen molar-refractivity contribution in [2.45, 2.75) is 39.4 Å². The molecule has 1 unspecified atom stereocenters. The van der Waals surface area contributed by atoms with Crippen molar-refractivity contribution in [2.75, 3.05) is 19.0 Å². The molecular formula is C20H28N4O. The van der Waals surface area contributed by atoms with Gasteiger partial charge in [-0.05, 0) is 50.6 Å². The number of hydrogen-bond acceptors (Lipinski definition) is 3. The van der Waals surface area contributed by atoms with E-state index in [9.17, 15) is 4.79 Å². The molecule has 2 amide bonds. The largest absolute Gasteiger partial charge is 0.378 e. The number of carbonyl (C=O) groups excluding carboxylic acids is 1. The number of carbonyl (C=O) groups is 1. The molecule has 0 saturated carbocycles. The number of nitrogens with zero attached hydrogens (tertiary/aromatic N) is 3. The van der Waals surface area contributed by atoms with Crippen molar-refractivity contribution in [3.63, 3.8) is 0 Å². The molecule has 25 heavy (non-hydrogen) atoms. The van der Waals surface area contributed by atoms with Gasteiger partial charge in [0.15, 0.2) is 0 Å².